The van der Waals surface area contributed by atoms with Crippen LogP contribution in [0.2, 0.25) is 0 Å². The van der Waals surface area contributed by atoms with Gasteiger partial charge in [-0.05, 0) is 55.7 Å². The number of methoxy groups -OCH3 is 1. The van der Waals surface area contributed by atoms with Crippen molar-refractivity contribution in [3.8, 4) is 5.75 Å². The number of nitrogens with two attached hydrogens (primary N) is 1. The third-order valence-corrected chi connectivity index (χ3v) is 4.58. The summed E-state index contributed by atoms with van der Waals surface area (Å²) in [6, 6.07) is 1.90. The van der Waals surface area contributed by atoms with Gasteiger partial charge < -0.3 is 10.5 Å². The molecule has 0 atom stereocenters. The molecule has 2 aliphatic carbocycles. The maximum Gasteiger partial charge on any atom is 0.130 e. The highest BCUT2D eigenvalue weighted by Gasteiger charge is 2.46. The van der Waals surface area contributed by atoms with Crippen molar-refractivity contribution < 1.29 is 9.13 Å². The fourth-order valence-corrected chi connectivity index (χ4v) is 3.17. The van der Waals surface area contributed by atoms with E-state index in [0.717, 1.165) is 61.0 Å². The Bertz CT molecular complexity index is 480. The first-order chi connectivity index (χ1) is 8.72. The zero-order chi connectivity index (χ0) is 12.8. The summed E-state index contributed by atoms with van der Waals surface area (Å²) in [5, 5.41) is 0. The van der Waals surface area contributed by atoms with Crippen LogP contribution in [0.15, 0.2) is 6.07 Å². The minimum Gasteiger partial charge on any atom is -0.496 e. The summed E-state index contributed by atoms with van der Waals surface area (Å²) in [4.78, 5) is 0. The van der Waals surface area contributed by atoms with Crippen LogP contribution in [-0.4, -0.2) is 13.7 Å². The molecule has 2 N–H and O–H groups in total. The maximum absolute atomic E-state index is 14.7. The van der Waals surface area contributed by atoms with Gasteiger partial charge in [0.1, 0.15) is 11.6 Å². The average molecular weight is 249 g/mol. The Hall–Kier alpha value is -1.09. The molecule has 1 aromatic rings. The Labute approximate surface area is 107 Å². The van der Waals surface area contributed by atoms with Crippen LogP contribution in [0.1, 0.15) is 42.4 Å². The predicted molar refractivity (Wildman–Crippen MR) is 69.6 cm³/mol. The summed E-state index contributed by atoms with van der Waals surface area (Å²) in [6.45, 7) is 0.534. The summed E-state index contributed by atoms with van der Waals surface area (Å²) < 4.78 is 20.2. The smallest absolute Gasteiger partial charge is 0.130 e. The molecule has 0 bridgehead atoms. The van der Waals surface area contributed by atoms with E-state index in [-0.39, 0.29) is 11.2 Å². The lowest BCUT2D eigenvalue weighted by molar-refractivity contribution is 0.400. The number of fused-ring (bicyclic) bond motifs is 1. The van der Waals surface area contributed by atoms with Gasteiger partial charge in [0.15, 0.2) is 0 Å². The molecular formula is C15H20FNO. The van der Waals surface area contributed by atoms with Crippen molar-refractivity contribution >= 4 is 0 Å². The second kappa shape index (κ2) is 4.23. The van der Waals surface area contributed by atoms with Crippen molar-refractivity contribution in [3.05, 3.63) is 28.6 Å². The molecule has 0 heterocycles. The number of hydrogen-bond donors (Lipinski definition) is 1. The van der Waals surface area contributed by atoms with Crippen molar-refractivity contribution in [1.29, 1.82) is 0 Å². The first kappa shape index (κ1) is 12.0. The number of rotatable bonds is 3. The number of hydrogen-bond acceptors (Lipinski definition) is 2. The van der Waals surface area contributed by atoms with Crippen molar-refractivity contribution in [1.82, 2.24) is 0 Å². The minimum absolute atomic E-state index is 0.00606. The van der Waals surface area contributed by atoms with Crippen LogP contribution in [0.3, 0.4) is 0 Å². The van der Waals surface area contributed by atoms with Crippen molar-refractivity contribution in [2.24, 2.45) is 5.73 Å². The van der Waals surface area contributed by atoms with E-state index in [1.54, 1.807) is 7.11 Å². The molecule has 0 unspecified atom stereocenters. The third-order valence-electron chi connectivity index (χ3n) is 4.58. The monoisotopic (exact) mass is 249 g/mol. The highest BCUT2D eigenvalue weighted by molar-refractivity contribution is 5.50. The molecule has 1 aromatic carbocycles. The third kappa shape index (κ3) is 1.64. The number of ether oxygens (including phenoxy) is 1. The van der Waals surface area contributed by atoms with E-state index < -0.39 is 0 Å². The molecule has 3 rings (SSSR count). The second-order valence-electron chi connectivity index (χ2n) is 5.59. The number of halogens is 1. The quantitative estimate of drug-likeness (QED) is 0.894. The molecule has 0 spiro atoms. The standard InChI is InChI=1S/C15H20FNO/c1-18-13-8-12(15(9-17)6-7-15)14(16)11-5-3-2-4-10(11)13/h8H,2-7,9,17H2,1H3. The lowest BCUT2D eigenvalue weighted by atomic mass is 9.85. The van der Waals surface area contributed by atoms with E-state index >= 15 is 0 Å². The SMILES string of the molecule is COc1cc(C2(CN)CC2)c(F)c2c1CCCC2. The molecule has 0 aromatic heterocycles. The molecule has 0 aliphatic heterocycles. The first-order valence-electron chi connectivity index (χ1n) is 6.80. The molecule has 3 heteroatoms. The van der Waals surface area contributed by atoms with Crippen LogP contribution in [0.25, 0.3) is 0 Å². The normalized spacial score (nSPS) is 20.4. The average Bonchev–Trinajstić information content (AvgIpc) is 3.20. The van der Waals surface area contributed by atoms with E-state index in [1.807, 2.05) is 6.07 Å². The molecule has 2 nitrogen and oxygen atoms in total. The Morgan fingerprint density at radius 2 is 1.94 bits per heavy atom. The highest BCUT2D eigenvalue weighted by atomic mass is 19.1. The fourth-order valence-electron chi connectivity index (χ4n) is 3.17. The van der Waals surface area contributed by atoms with Gasteiger partial charge >= 0.3 is 0 Å². The largest absolute Gasteiger partial charge is 0.496 e. The van der Waals surface area contributed by atoms with E-state index in [0.29, 0.717) is 6.54 Å². The summed E-state index contributed by atoms with van der Waals surface area (Å²) in [6.07, 6.45) is 5.98. The van der Waals surface area contributed by atoms with Crippen LogP contribution < -0.4 is 10.5 Å². The molecule has 0 radical (unpaired) electrons. The molecule has 0 amide bonds. The summed E-state index contributed by atoms with van der Waals surface area (Å²) in [7, 11) is 1.67. The highest BCUT2D eigenvalue weighted by Crippen LogP contribution is 2.50. The second-order valence-corrected chi connectivity index (χ2v) is 5.59. The maximum atomic E-state index is 14.7. The van der Waals surface area contributed by atoms with E-state index in [4.69, 9.17) is 10.5 Å². The Morgan fingerprint density at radius 3 is 2.50 bits per heavy atom. The zero-order valence-corrected chi connectivity index (χ0v) is 10.9. The van der Waals surface area contributed by atoms with Gasteiger partial charge in [0.05, 0.1) is 7.11 Å². The Morgan fingerprint density at radius 1 is 1.28 bits per heavy atom. The van der Waals surface area contributed by atoms with E-state index in [2.05, 4.69) is 0 Å². The Balaban J connectivity index is 2.16. The molecule has 98 valence electrons. The van der Waals surface area contributed by atoms with Crippen LogP contribution in [0, 0.1) is 5.82 Å². The summed E-state index contributed by atoms with van der Waals surface area (Å²) >= 11 is 0. The van der Waals surface area contributed by atoms with Crippen molar-refractivity contribution in [3.63, 3.8) is 0 Å². The van der Waals surface area contributed by atoms with Gasteiger partial charge in [-0.1, -0.05) is 0 Å². The van der Waals surface area contributed by atoms with Gasteiger partial charge in [0.2, 0.25) is 0 Å². The zero-order valence-electron chi connectivity index (χ0n) is 10.9. The van der Waals surface area contributed by atoms with Crippen molar-refractivity contribution in [2.75, 3.05) is 13.7 Å². The van der Waals surface area contributed by atoms with Gasteiger partial charge in [0.25, 0.3) is 0 Å². The summed E-state index contributed by atoms with van der Waals surface area (Å²) in [5.41, 5.74) is 8.48. The molecule has 1 saturated carbocycles. The summed E-state index contributed by atoms with van der Waals surface area (Å²) in [5.74, 6) is 0.856. The van der Waals surface area contributed by atoms with Crippen LogP contribution in [-0.2, 0) is 18.3 Å². The molecule has 18 heavy (non-hydrogen) atoms. The van der Waals surface area contributed by atoms with Gasteiger partial charge in [0, 0.05) is 17.5 Å². The van der Waals surface area contributed by atoms with E-state index in [9.17, 15) is 4.39 Å². The lowest BCUT2D eigenvalue weighted by Gasteiger charge is -2.24. The first-order valence-corrected chi connectivity index (χ1v) is 6.80. The van der Waals surface area contributed by atoms with Crippen molar-refractivity contribution in [2.45, 2.75) is 43.9 Å². The number of benzene rings is 1. The molecular weight excluding hydrogens is 229 g/mol. The van der Waals surface area contributed by atoms with Crippen LogP contribution in [0.5, 0.6) is 5.75 Å². The fraction of sp³-hybridized carbons (Fsp3) is 0.600. The minimum atomic E-state index is -0.107. The lowest BCUT2D eigenvalue weighted by Crippen LogP contribution is -2.23. The predicted octanol–water partition coefficient (Wildman–Crippen LogP) is 2.70. The molecule has 0 saturated heterocycles. The van der Waals surface area contributed by atoms with E-state index in [1.165, 1.54) is 0 Å². The Kier molecular flexibility index (Phi) is 2.81. The van der Waals surface area contributed by atoms with Gasteiger partial charge in [-0.25, -0.2) is 4.39 Å². The van der Waals surface area contributed by atoms with Gasteiger partial charge in [-0.2, -0.15) is 0 Å². The van der Waals surface area contributed by atoms with Crippen LogP contribution in [0.4, 0.5) is 4.39 Å². The molecule has 2 aliphatic rings. The van der Waals surface area contributed by atoms with Gasteiger partial charge in [-0.3, -0.25) is 0 Å². The van der Waals surface area contributed by atoms with Crippen LogP contribution >= 0.6 is 0 Å². The topological polar surface area (TPSA) is 35.2 Å². The molecule has 1 fully saturated rings. The van der Waals surface area contributed by atoms with Gasteiger partial charge in [-0.15, -0.1) is 0 Å².